The van der Waals surface area contributed by atoms with Crippen LogP contribution >= 0.6 is 11.8 Å². The Bertz CT molecular complexity index is 557. The molecule has 0 aliphatic rings. The minimum atomic E-state index is 0.0340. The molecular formula is C15H16N2OS. The number of anilines is 2. The average Bonchev–Trinajstić information content (AvgIpc) is 2.45. The highest BCUT2D eigenvalue weighted by Gasteiger charge is 2.13. The van der Waals surface area contributed by atoms with Crippen molar-refractivity contribution in [3.63, 3.8) is 0 Å². The first-order valence-corrected chi connectivity index (χ1v) is 6.96. The van der Waals surface area contributed by atoms with E-state index in [4.69, 9.17) is 5.73 Å². The SMILES string of the molecule is CN(C(=O)CSc1ccccc1)c1ccccc1N. The van der Waals surface area contributed by atoms with E-state index >= 15 is 0 Å². The third-order valence-electron chi connectivity index (χ3n) is 2.78. The van der Waals surface area contributed by atoms with E-state index < -0.39 is 0 Å². The number of hydrogen-bond acceptors (Lipinski definition) is 3. The molecule has 0 aliphatic carbocycles. The molecule has 2 aromatic rings. The maximum Gasteiger partial charge on any atom is 0.237 e. The largest absolute Gasteiger partial charge is 0.397 e. The van der Waals surface area contributed by atoms with E-state index in [1.54, 1.807) is 18.0 Å². The van der Waals surface area contributed by atoms with Crippen LogP contribution in [0, 0.1) is 0 Å². The van der Waals surface area contributed by atoms with Crippen molar-refractivity contribution in [3.05, 3.63) is 54.6 Å². The molecule has 1 amide bonds. The van der Waals surface area contributed by atoms with Crippen LogP contribution in [0.2, 0.25) is 0 Å². The number of thioether (sulfide) groups is 1. The molecule has 0 radical (unpaired) electrons. The van der Waals surface area contributed by atoms with Crippen LogP contribution in [0.25, 0.3) is 0 Å². The van der Waals surface area contributed by atoms with Crippen LogP contribution in [-0.4, -0.2) is 18.7 Å². The molecule has 3 nitrogen and oxygen atoms in total. The standard InChI is InChI=1S/C15H16N2OS/c1-17(14-10-6-5-9-13(14)16)15(18)11-19-12-7-3-2-4-8-12/h2-10H,11,16H2,1H3. The molecule has 2 aromatic carbocycles. The Morgan fingerprint density at radius 2 is 1.74 bits per heavy atom. The van der Waals surface area contributed by atoms with Crippen LogP contribution in [0.3, 0.4) is 0 Å². The number of para-hydroxylation sites is 2. The van der Waals surface area contributed by atoms with Crippen LogP contribution < -0.4 is 10.6 Å². The zero-order valence-corrected chi connectivity index (χ0v) is 11.6. The number of carbonyl (C=O) groups excluding carboxylic acids is 1. The topological polar surface area (TPSA) is 46.3 Å². The van der Waals surface area contributed by atoms with Crippen LogP contribution in [0.15, 0.2) is 59.5 Å². The van der Waals surface area contributed by atoms with E-state index in [0.29, 0.717) is 11.4 Å². The van der Waals surface area contributed by atoms with E-state index in [0.717, 1.165) is 10.6 Å². The molecular weight excluding hydrogens is 256 g/mol. The first-order valence-electron chi connectivity index (χ1n) is 5.97. The third kappa shape index (κ3) is 3.51. The lowest BCUT2D eigenvalue weighted by Gasteiger charge is -2.18. The number of nitrogens with zero attached hydrogens (tertiary/aromatic N) is 1. The molecule has 19 heavy (non-hydrogen) atoms. The maximum absolute atomic E-state index is 12.1. The zero-order chi connectivity index (χ0) is 13.7. The van der Waals surface area contributed by atoms with Gasteiger partial charge in [-0.2, -0.15) is 0 Å². The number of nitrogen functional groups attached to an aromatic ring is 1. The Morgan fingerprint density at radius 1 is 1.11 bits per heavy atom. The number of carbonyl (C=O) groups is 1. The van der Waals surface area contributed by atoms with Crippen LogP contribution in [-0.2, 0) is 4.79 Å². The lowest BCUT2D eigenvalue weighted by molar-refractivity contribution is -0.115. The predicted octanol–water partition coefficient (Wildman–Crippen LogP) is 3.02. The van der Waals surface area contributed by atoms with Crippen LogP contribution in [0.1, 0.15) is 0 Å². The summed E-state index contributed by atoms with van der Waals surface area (Å²) in [7, 11) is 1.75. The zero-order valence-electron chi connectivity index (χ0n) is 10.7. The molecule has 98 valence electrons. The van der Waals surface area contributed by atoms with Gasteiger partial charge in [0, 0.05) is 11.9 Å². The molecule has 0 saturated heterocycles. The predicted molar refractivity (Wildman–Crippen MR) is 81.4 cm³/mol. The molecule has 0 unspecified atom stereocenters. The third-order valence-corrected chi connectivity index (χ3v) is 3.77. The average molecular weight is 272 g/mol. The molecule has 2 N–H and O–H groups in total. The second kappa shape index (κ2) is 6.29. The summed E-state index contributed by atoms with van der Waals surface area (Å²) in [6.45, 7) is 0. The van der Waals surface area contributed by atoms with Crippen molar-refractivity contribution in [2.45, 2.75) is 4.90 Å². The fourth-order valence-corrected chi connectivity index (χ4v) is 2.52. The van der Waals surface area contributed by atoms with Gasteiger partial charge in [-0.05, 0) is 24.3 Å². The highest BCUT2D eigenvalue weighted by molar-refractivity contribution is 8.00. The van der Waals surface area contributed by atoms with Gasteiger partial charge in [0.05, 0.1) is 17.1 Å². The maximum atomic E-state index is 12.1. The molecule has 0 aromatic heterocycles. The Kier molecular flexibility index (Phi) is 4.47. The molecule has 0 saturated carbocycles. The monoisotopic (exact) mass is 272 g/mol. The van der Waals surface area contributed by atoms with Gasteiger partial charge in [-0.25, -0.2) is 0 Å². The Labute approximate surface area is 117 Å². The Morgan fingerprint density at radius 3 is 2.42 bits per heavy atom. The summed E-state index contributed by atoms with van der Waals surface area (Å²) in [5.74, 6) is 0.432. The van der Waals surface area contributed by atoms with Crippen molar-refractivity contribution in [2.75, 3.05) is 23.4 Å². The summed E-state index contributed by atoms with van der Waals surface area (Å²) in [6.07, 6.45) is 0. The molecule has 4 heteroatoms. The molecule has 0 bridgehead atoms. The van der Waals surface area contributed by atoms with Crippen molar-refractivity contribution < 1.29 is 4.79 Å². The molecule has 0 heterocycles. The number of benzene rings is 2. The van der Waals surface area contributed by atoms with Crippen LogP contribution in [0.4, 0.5) is 11.4 Å². The van der Waals surface area contributed by atoms with Gasteiger partial charge in [-0.1, -0.05) is 30.3 Å². The van der Waals surface area contributed by atoms with Gasteiger partial charge in [0.2, 0.25) is 5.91 Å². The van der Waals surface area contributed by atoms with Crippen molar-refractivity contribution >= 4 is 29.0 Å². The summed E-state index contributed by atoms with van der Waals surface area (Å²) >= 11 is 1.53. The number of hydrogen-bond donors (Lipinski definition) is 1. The van der Waals surface area contributed by atoms with E-state index in [1.807, 2.05) is 48.5 Å². The Hall–Kier alpha value is -1.94. The normalized spacial score (nSPS) is 10.2. The van der Waals surface area contributed by atoms with Gasteiger partial charge < -0.3 is 10.6 Å². The first kappa shape index (κ1) is 13.5. The molecule has 0 atom stereocenters. The second-order valence-electron chi connectivity index (χ2n) is 4.11. The van der Waals surface area contributed by atoms with E-state index in [2.05, 4.69) is 0 Å². The van der Waals surface area contributed by atoms with Gasteiger partial charge in [0.15, 0.2) is 0 Å². The van der Waals surface area contributed by atoms with Crippen molar-refractivity contribution in [3.8, 4) is 0 Å². The smallest absolute Gasteiger partial charge is 0.237 e. The Balaban J connectivity index is 1.99. The van der Waals surface area contributed by atoms with Gasteiger partial charge >= 0.3 is 0 Å². The fourth-order valence-electron chi connectivity index (χ4n) is 1.69. The molecule has 2 rings (SSSR count). The highest BCUT2D eigenvalue weighted by Crippen LogP contribution is 2.23. The fraction of sp³-hybridized carbons (Fsp3) is 0.133. The van der Waals surface area contributed by atoms with Gasteiger partial charge in [-0.3, -0.25) is 4.79 Å². The first-order chi connectivity index (χ1) is 9.18. The van der Waals surface area contributed by atoms with E-state index in [-0.39, 0.29) is 5.91 Å². The summed E-state index contributed by atoms with van der Waals surface area (Å²) in [5.41, 5.74) is 7.23. The summed E-state index contributed by atoms with van der Waals surface area (Å²) in [6, 6.07) is 17.3. The number of amides is 1. The van der Waals surface area contributed by atoms with E-state index in [9.17, 15) is 4.79 Å². The minimum absolute atomic E-state index is 0.0340. The summed E-state index contributed by atoms with van der Waals surface area (Å²) < 4.78 is 0. The summed E-state index contributed by atoms with van der Waals surface area (Å²) in [5, 5.41) is 0. The molecule has 0 aliphatic heterocycles. The lowest BCUT2D eigenvalue weighted by Crippen LogP contribution is -2.28. The molecule has 0 fully saturated rings. The summed E-state index contributed by atoms with van der Waals surface area (Å²) in [4.78, 5) is 14.8. The minimum Gasteiger partial charge on any atom is -0.397 e. The van der Waals surface area contributed by atoms with Gasteiger partial charge in [-0.15, -0.1) is 11.8 Å². The van der Waals surface area contributed by atoms with Crippen molar-refractivity contribution in [1.82, 2.24) is 0 Å². The van der Waals surface area contributed by atoms with Crippen molar-refractivity contribution in [2.24, 2.45) is 0 Å². The van der Waals surface area contributed by atoms with E-state index in [1.165, 1.54) is 11.8 Å². The molecule has 0 spiro atoms. The number of nitrogens with two attached hydrogens (primary N) is 1. The lowest BCUT2D eigenvalue weighted by atomic mass is 10.2. The van der Waals surface area contributed by atoms with Crippen molar-refractivity contribution in [1.29, 1.82) is 0 Å². The van der Waals surface area contributed by atoms with Gasteiger partial charge in [0.1, 0.15) is 0 Å². The van der Waals surface area contributed by atoms with Gasteiger partial charge in [0.25, 0.3) is 0 Å². The number of rotatable bonds is 4. The van der Waals surface area contributed by atoms with Crippen LogP contribution in [0.5, 0.6) is 0 Å². The quantitative estimate of drug-likeness (QED) is 0.687. The highest BCUT2D eigenvalue weighted by atomic mass is 32.2. The second-order valence-corrected chi connectivity index (χ2v) is 5.16.